The van der Waals surface area contributed by atoms with Crippen LogP contribution in [0.25, 0.3) is 11.0 Å². The molecule has 11 nitrogen and oxygen atoms in total. The molecule has 2 aromatic heterocycles. The molecular formula is C23H29N5O6. The van der Waals surface area contributed by atoms with E-state index in [1.807, 2.05) is 13.8 Å². The number of benzene rings is 1. The maximum atomic E-state index is 11.6. The normalized spacial score (nSPS) is 21.4. The van der Waals surface area contributed by atoms with Crippen molar-refractivity contribution in [3.05, 3.63) is 58.0 Å². The van der Waals surface area contributed by atoms with Gasteiger partial charge in [-0.25, -0.2) is 9.97 Å². The Bertz CT molecular complexity index is 1170. The van der Waals surface area contributed by atoms with Crippen LogP contribution in [-0.2, 0) is 16.1 Å². The number of ether oxygens (including phenoxy) is 2. The van der Waals surface area contributed by atoms with E-state index in [1.165, 1.54) is 12.4 Å². The summed E-state index contributed by atoms with van der Waals surface area (Å²) >= 11 is 0. The van der Waals surface area contributed by atoms with Crippen molar-refractivity contribution in [1.29, 1.82) is 0 Å². The Labute approximate surface area is 196 Å². The number of nitro groups is 1. The topological polar surface area (TPSA) is 159 Å². The number of nitro benzene ring substituents is 1. The summed E-state index contributed by atoms with van der Waals surface area (Å²) in [5, 5.41) is 31.8. The lowest BCUT2D eigenvalue weighted by Crippen LogP contribution is -2.24. The highest BCUT2D eigenvalue weighted by Gasteiger charge is 2.36. The SMILES string of the molecule is CC(C)CC(OCc1cn([C@H]2C[C@@H](O)[C@@H](CO)O2)c2ncnc(N)c12)c1ccccc1[N+](=O)[O-]. The molecule has 1 aromatic carbocycles. The molecule has 4 atom stereocenters. The lowest BCUT2D eigenvalue weighted by Gasteiger charge is -2.20. The molecule has 0 saturated carbocycles. The molecule has 4 N–H and O–H groups in total. The van der Waals surface area contributed by atoms with Crippen molar-refractivity contribution in [2.45, 2.75) is 57.8 Å². The smallest absolute Gasteiger partial charge is 0.275 e. The number of hydrogen-bond donors (Lipinski definition) is 3. The molecule has 34 heavy (non-hydrogen) atoms. The van der Waals surface area contributed by atoms with Crippen LogP contribution >= 0.6 is 0 Å². The number of para-hydroxylation sites is 1. The monoisotopic (exact) mass is 471 g/mol. The molecule has 1 unspecified atom stereocenters. The number of aromatic nitrogens is 3. The third-order valence-electron chi connectivity index (χ3n) is 6.02. The summed E-state index contributed by atoms with van der Waals surface area (Å²) in [5.41, 5.74) is 7.93. The van der Waals surface area contributed by atoms with Gasteiger partial charge < -0.3 is 30.0 Å². The quantitative estimate of drug-likeness (QED) is 0.315. The van der Waals surface area contributed by atoms with Crippen molar-refractivity contribution < 1.29 is 24.6 Å². The number of aliphatic hydroxyl groups is 2. The Kier molecular flexibility index (Phi) is 7.08. The van der Waals surface area contributed by atoms with E-state index in [2.05, 4.69) is 9.97 Å². The zero-order valence-electron chi connectivity index (χ0n) is 19.1. The third kappa shape index (κ3) is 4.73. The second kappa shape index (κ2) is 10.0. The molecule has 0 aliphatic carbocycles. The van der Waals surface area contributed by atoms with Crippen molar-refractivity contribution in [3.63, 3.8) is 0 Å². The van der Waals surface area contributed by atoms with E-state index < -0.39 is 29.5 Å². The summed E-state index contributed by atoms with van der Waals surface area (Å²) in [7, 11) is 0. The second-order valence-corrected chi connectivity index (χ2v) is 8.88. The molecule has 1 saturated heterocycles. The highest BCUT2D eigenvalue weighted by molar-refractivity contribution is 5.89. The van der Waals surface area contributed by atoms with Gasteiger partial charge in [-0.05, 0) is 18.4 Å². The first kappa shape index (κ1) is 24.0. The molecule has 0 bridgehead atoms. The predicted octanol–water partition coefficient (Wildman–Crippen LogP) is 2.87. The lowest BCUT2D eigenvalue weighted by atomic mass is 9.98. The molecule has 3 heterocycles. The largest absolute Gasteiger partial charge is 0.394 e. The summed E-state index contributed by atoms with van der Waals surface area (Å²) in [6.45, 7) is 3.88. The van der Waals surface area contributed by atoms with Crippen molar-refractivity contribution >= 4 is 22.5 Å². The number of fused-ring (bicyclic) bond motifs is 1. The summed E-state index contributed by atoms with van der Waals surface area (Å²) in [6.07, 6.45) is 1.47. The molecule has 182 valence electrons. The van der Waals surface area contributed by atoms with Crippen LogP contribution in [0, 0.1) is 16.0 Å². The summed E-state index contributed by atoms with van der Waals surface area (Å²) in [6, 6.07) is 6.59. The maximum absolute atomic E-state index is 11.6. The van der Waals surface area contributed by atoms with Crippen molar-refractivity contribution in [1.82, 2.24) is 14.5 Å². The van der Waals surface area contributed by atoms with Gasteiger partial charge in [0.1, 0.15) is 30.1 Å². The van der Waals surface area contributed by atoms with Gasteiger partial charge in [0.25, 0.3) is 5.69 Å². The van der Waals surface area contributed by atoms with Crippen LogP contribution in [0.2, 0.25) is 0 Å². The summed E-state index contributed by atoms with van der Waals surface area (Å²) < 4.78 is 13.8. The minimum Gasteiger partial charge on any atom is -0.394 e. The van der Waals surface area contributed by atoms with Gasteiger partial charge in [-0.1, -0.05) is 26.0 Å². The van der Waals surface area contributed by atoms with E-state index in [9.17, 15) is 20.3 Å². The molecule has 1 fully saturated rings. The van der Waals surface area contributed by atoms with Crippen LogP contribution in [0.5, 0.6) is 0 Å². The number of rotatable bonds is 9. The molecule has 1 aliphatic heterocycles. The Morgan fingerprint density at radius 1 is 1.35 bits per heavy atom. The molecule has 1 aliphatic rings. The number of nitrogens with zero attached hydrogens (tertiary/aromatic N) is 4. The molecule has 0 amide bonds. The Morgan fingerprint density at radius 2 is 2.12 bits per heavy atom. The zero-order chi connectivity index (χ0) is 24.4. The predicted molar refractivity (Wildman–Crippen MR) is 124 cm³/mol. The highest BCUT2D eigenvalue weighted by atomic mass is 16.6. The second-order valence-electron chi connectivity index (χ2n) is 8.88. The van der Waals surface area contributed by atoms with E-state index in [0.29, 0.717) is 28.6 Å². The van der Waals surface area contributed by atoms with Crippen molar-refractivity contribution in [3.8, 4) is 0 Å². The summed E-state index contributed by atoms with van der Waals surface area (Å²) in [5.74, 6) is 0.508. The lowest BCUT2D eigenvalue weighted by molar-refractivity contribution is -0.386. The average Bonchev–Trinajstić information content (AvgIpc) is 3.37. The van der Waals surface area contributed by atoms with Gasteiger partial charge in [-0.3, -0.25) is 10.1 Å². The van der Waals surface area contributed by atoms with Crippen molar-refractivity contribution in [2.75, 3.05) is 12.3 Å². The van der Waals surface area contributed by atoms with E-state index in [1.54, 1.807) is 29.0 Å². The van der Waals surface area contributed by atoms with E-state index >= 15 is 0 Å². The first-order chi connectivity index (χ1) is 16.3. The Hall–Kier alpha value is -3.12. The Balaban J connectivity index is 1.67. The molecular weight excluding hydrogens is 442 g/mol. The fourth-order valence-corrected chi connectivity index (χ4v) is 4.40. The van der Waals surface area contributed by atoms with E-state index in [4.69, 9.17) is 15.2 Å². The van der Waals surface area contributed by atoms with Crippen LogP contribution < -0.4 is 5.73 Å². The van der Waals surface area contributed by atoms with Gasteiger partial charge in [0.2, 0.25) is 0 Å². The molecule has 11 heteroatoms. The molecule has 4 rings (SSSR count). The van der Waals surface area contributed by atoms with Gasteiger partial charge in [0.05, 0.1) is 41.3 Å². The van der Waals surface area contributed by atoms with Crippen molar-refractivity contribution in [2.24, 2.45) is 5.92 Å². The summed E-state index contributed by atoms with van der Waals surface area (Å²) in [4.78, 5) is 19.7. The fourth-order valence-electron chi connectivity index (χ4n) is 4.40. The van der Waals surface area contributed by atoms with Crippen LogP contribution in [0.3, 0.4) is 0 Å². The van der Waals surface area contributed by atoms with Crippen LogP contribution in [-0.4, -0.2) is 48.5 Å². The number of nitrogen functional groups attached to an aromatic ring is 1. The zero-order valence-corrected chi connectivity index (χ0v) is 19.1. The van der Waals surface area contributed by atoms with Gasteiger partial charge in [0, 0.05) is 24.2 Å². The highest BCUT2D eigenvalue weighted by Crippen LogP contribution is 2.37. The number of nitrogens with two attached hydrogens (primary N) is 1. The first-order valence-corrected chi connectivity index (χ1v) is 11.2. The third-order valence-corrected chi connectivity index (χ3v) is 6.02. The maximum Gasteiger partial charge on any atom is 0.275 e. The minimum atomic E-state index is -0.805. The molecule has 0 radical (unpaired) electrons. The standard InChI is InChI=1S/C23H29N5O6/c1-13(2)7-18(15-5-3-4-6-16(15)28(31)32)33-11-14-9-27(20-8-17(30)19(10-29)34-20)23-21(14)22(24)25-12-26-23/h3-6,9,12-13,17-20,29-30H,7-8,10-11H2,1-2H3,(H2,24,25,26)/t17-,18?,19-,20-/m1/s1. The first-order valence-electron chi connectivity index (χ1n) is 11.2. The van der Waals surface area contributed by atoms with Gasteiger partial charge in [-0.15, -0.1) is 0 Å². The van der Waals surface area contributed by atoms with Crippen LogP contribution in [0.4, 0.5) is 11.5 Å². The van der Waals surface area contributed by atoms with Crippen LogP contribution in [0.1, 0.15) is 50.1 Å². The number of anilines is 1. The average molecular weight is 472 g/mol. The van der Waals surface area contributed by atoms with Gasteiger partial charge >= 0.3 is 0 Å². The molecule has 3 aromatic rings. The van der Waals surface area contributed by atoms with E-state index in [-0.39, 0.29) is 37.1 Å². The van der Waals surface area contributed by atoms with Crippen LogP contribution in [0.15, 0.2) is 36.8 Å². The van der Waals surface area contributed by atoms with E-state index in [0.717, 1.165) is 0 Å². The minimum absolute atomic E-state index is 0.0156. The fraction of sp³-hybridized carbons (Fsp3) is 0.478. The Morgan fingerprint density at radius 3 is 2.79 bits per heavy atom. The molecule has 0 spiro atoms. The number of aliphatic hydroxyl groups excluding tert-OH is 2. The number of hydrogen-bond acceptors (Lipinski definition) is 9. The van der Waals surface area contributed by atoms with Gasteiger partial charge in [-0.2, -0.15) is 0 Å². The van der Waals surface area contributed by atoms with Gasteiger partial charge in [0.15, 0.2) is 0 Å².